The lowest BCUT2D eigenvalue weighted by Gasteiger charge is -2.07. The maximum absolute atomic E-state index is 5.63. The van der Waals surface area contributed by atoms with Crippen LogP contribution in [-0.4, -0.2) is 19.1 Å². The van der Waals surface area contributed by atoms with Crippen LogP contribution in [0.5, 0.6) is 0 Å². The van der Waals surface area contributed by atoms with E-state index >= 15 is 0 Å². The monoisotopic (exact) mass is 213 g/mol. The van der Waals surface area contributed by atoms with Gasteiger partial charge in [0.25, 0.3) is 0 Å². The first-order valence-corrected chi connectivity index (χ1v) is 6.53. The Balaban J connectivity index is 2.87. The molecule has 0 fully saturated rings. The van der Waals surface area contributed by atoms with E-state index in [4.69, 9.17) is 5.73 Å². The van der Waals surface area contributed by atoms with Crippen LogP contribution in [0.1, 0.15) is 58.3 Å². The number of nitrogens with two attached hydrogens (primary N) is 1. The van der Waals surface area contributed by atoms with E-state index in [1.54, 1.807) is 0 Å². The third kappa shape index (κ3) is 13.9. The molecule has 0 rings (SSSR count). The van der Waals surface area contributed by atoms with E-state index in [9.17, 15) is 0 Å². The second-order valence-electron chi connectivity index (χ2n) is 4.51. The number of unbranched alkanes of at least 4 members (excludes halogenated alkanes) is 7. The minimum atomic E-state index is 0.285. The van der Waals surface area contributed by atoms with E-state index in [1.807, 2.05) is 6.92 Å². The summed E-state index contributed by atoms with van der Waals surface area (Å²) in [4.78, 5) is 0. The fourth-order valence-electron chi connectivity index (χ4n) is 1.64. The summed E-state index contributed by atoms with van der Waals surface area (Å²) in [7, 11) is 0. The highest BCUT2D eigenvalue weighted by molar-refractivity contribution is 4.57. The van der Waals surface area contributed by atoms with Gasteiger partial charge >= 0.3 is 0 Å². The fourth-order valence-corrected chi connectivity index (χ4v) is 1.64. The Morgan fingerprint density at radius 3 is 2.07 bits per heavy atom. The van der Waals surface area contributed by atoms with Gasteiger partial charge < -0.3 is 11.1 Å². The van der Waals surface area contributed by atoms with Crippen molar-refractivity contribution < 1.29 is 0 Å². The minimum Gasteiger partial charge on any atom is -0.327 e. The van der Waals surface area contributed by atoms with Crippen LogP contribution in [0.25, 0.3) is 0 Å². The van der Waals surface area contributed by atoms with Gasteiger partial charge in [-0.05, 0) is 19.9 Å². The summed E-state index contributed by atoms with van der Waals surface area (Å²) in [6.07, 6.45) is 10.6. The van der Waals surface area contributed by atoms with E-state index in [0.29, 0.717) is 0 Å². The fraction of sp³-hybridized carbons (Fsp3) is 0.923. The molecule has 0 saturated heterocycles. The Hall–Kier alpha value is -0.0800. The van der Waals surface area contributed by atoms with Gasteiger partial charge in [0.15, 0.2) is 0 Å². The molecule has 0 aromatic rings. The summed E-state index contributed by atoms with van der Waals surface area (Å²) in [6, 6.07) is 0.285. The first kappa shape index (κ1) is 14.9. The van der Waals surface area contributed by atoms with Crippen LogP contribution in [-0.2, 0) is 0 Å². The molecular weight excluding hydrogens is 184 g/mol. The largest absolute Gasteiger partial charge is 0.327 e. The molecule has 0 saturated carbocycles. The summed E-state index contributed by atoms with van der Waals surface area (Å²) in [5, 5.41) is 3.36. The molecule has 2 nitrogen and oxygen atoms in total. The molecule has 0 amide bonds. The molecule has 0 aliphatic heterocycles. The van der Waals surface area contributed by atoms with Crippen molar-refractivity contribution in [2.24, 2.45) is 5.73 Å². The van der Waals surface area contributed by atoms with Crippen molar-refractivity contribution in [1.82, 2.24) is 5.32 Å². The zero-order valence-electron chi connectivity index (χ0n) is 10.4. The zero-order chi connectivity index (χ0) is 11.4. The van der Waals surface area contributed by atoms with Crippen LogP contribution in [0.15, 0.2) is 0 Å². The van der Waals surface area contributed by atoms with Gasteiger partial charge in [-0.2, -0.15) is 0 Å². The molecule has 0 heterocycles. The molecule has 0 aromatic heterocycles. The van der Waals surface area contributed by atoms with Crippen LogP contribution in [0.3, 0.4) is 0 Å². The average Bonchev–Trinajstić information content (AvgIpc) is 2.20. The standard InChI is InChI=1S/C13H29N2/c1-3-4-5-6-7-8-9-10-11-15-12-13(2)14/h13,15H,1,3-12,14H2,2H3. The van der Waals surface area contributed by atoms with Crippen LogP contribution in [0.4, 0.5) is 0 Å². The topological polar surface area (TPSA) is 38.0 Å². The predicted molar refractivity (Wildman–Crippen MR) is 68.8 cm³/mol. The molecule has 1 unspecified atom stereocenters. The number of rotatable bonds is 11. The van der Waals surface area contributed by atoms with Crippen molar-refractivity contribution in [1.29, 1.82) is 0 Å². The molecule has 1 radical (unpaired) electrons. The summed E-state index contributed by atoms with van der Waals surface area (Å²) >= 11 is 0. The van der Waals surface area contributed by atoms with E-state index in [1.165, 1.54) is 44.9 Å². The van der Waals surface area contributed by atoms with E-state index in [0.717, 1.165) is 19.5 Å². The lowest BCUT2D eigenvalue weighted by molar-refractivity contribution is 0.543. The average molecular weight is 213 g/mol. The Morgan fingerprint density at radius 2 is 1.53 bits per heavy atom. The molecule has 0 aliphatic carbocycles. The maximum Gasteiger partial charge on any atom is 0.0136 e. The molecule has 0 bridgehead atoms. The minimum absolute atomic E-state index is 0.285. The normalized spacial score (nSPS) is 13.0. The van der Waals surface area contributed by atoms with Gasteiger partial charge in [-0.15, -0.1) is 0 Å². The Labute approximate surface area is 96.0 Å². The maximum atomic E-state index is 5.63. The molecule has 2 heteroatoms. The molecule has 0 aromatic carbocycles. The van der Waals surface area contributed by atoms with E-state index in [-0.39, 0.29) is 6.04 Å². The van der Waals surface area contributed by atoms with Gasteiger partial charge in [0, 0.05) is 12.6 Å². The van der Waals surface area contributed by atoms with Gasteiger partial charge in [-0.25, -0.2) is 0 Å². The zero-order valence-corrected chi connectivity index (χ0v) is 10.4. The van der Waals surface area contributed by atoms with Crippen molar-refractivity contribution in [2.75, 3.05) is 13.1 Å². The van der Waals surface area contributed by atoms with Crippen molar-refractivity contribution in [3.05, 3.63) is 6.92 Å². The van der Waals surface area contributed by atoms with Crippen molar-refractivity contribution in [2.45, 2.75) is 64.3 Å². The van der Waals surface area contributed by atoms with Gasteiger partial charge in [0.05, 0.1) is 0 Å². The second-order valence-corrected chi connectivity index (χ2v) is 4.51. The van der Waals surface area contributed by atoms with Gasteiger partial charge in [0.2, 0.25) is 0 Å². The highest BCUT2D eigenvalue weighted by atomic mass is 14.9. The van der Waals surface area contributed by atoms with Crippen molar-refractivity contribution in [3.8, 4) is 0 Å². The van der Waals surface area contributed by atoms with Gasteiger partial charge in [0.1, 0.15) is 0 Å². The third-order valence-corrected chi connectivity index (χ3v) is 2.57. The van der Waals surface area contributed by atoms with Crippen LogP contribution < -0.4 is 11.1 Å². The molecule has 0 spiro atoms. The lowest BCUT2D eigenvalue weighted by Crippen LogP contribution is -2.31. The number of hydrogen-bond acceptors (Lipinski definition) is 2. The van der Waals surface area contributed by atoms with Gasteiger partial charge in [-0.3, -0.25) is 0 Å². The first-order chi connectivity index (χ1) is 7.27. The molecule has 15 heavy (non-hydrogen) atoms. The molecule has 3 N–H and O–H groups in total. The summed E-state index contributed by atoms with van der Waals surface area (Å²) in [6.45, 7) is 7.96. The molecule has 91 valence electrons. The summed E-state index contributed by atoms with van der Waals surface area (Å²) < 4.78 is 0. The van der Waals surface area contributed by atoms with Crippen LogP contribution in [0.2, 0.25) is 0 Å². The number of hydrogen-bond donors (Lipinski definition) is 2. The van der Waals surface area contributed by atoms with E-state index in [2.05, 4.69) is 12.2 Å². The van der Waals surface area contributed by atoms with Crippen molar-refractivity contribution in [3.63, 3.8) is 0 Å². The van der Waals surface area contributed by atoms with Crippen LogP contribution in [0, 0.1) is 6.92 Å². The van der Waals surface area contributed by atoms with E-state index < -0.39 is 0 Å². The molecular formula is C13H29N2. The third-order valence-electron chi connectivity index (χ3n) is 2.57. The predicted octanol–water partition coefficient (Wildman–Crippen LogP) is 2.88. The summed E-state index contributed by atoms with van der Waals surface area (Å²) in [5.74, 6) is 0. The van der Waals surface area contributed by atoms with Crippen molar-refractivity contribution >= 4 is 0 Å². The summed E-state index contributed by atoms with van der Waals surface area (Å²) in [5.41, 5.74) is 5.63. The molecule has 1 atom stereocenters. The highest BCUT2D eigenvalue weighted by Crippen LogP contribution is 2.07. The smallest absolute Gasteiger partial charge is 0.0136 e. The first-order valence-electron chi connectivity index (χ1n) is 6.53. The highest BCUT2D eigenvalue weighted by Gasteiger charge is 1.93. The van der Waals surface area contributed by atoms with Gasteiger partial charge in [-0.1, -0.05) is 51.9 Å². The number of nitrogens with one attached hydrogen (secondary N) is 1. The van der Waals surface area contributed by atoms with Crippen LogP contribution >= 0.6 is 0 Å². The Kier molecular flexibility index (Phi) is 11.9. The quantitative estimate of drug-likeness (QED) is 0.518. The SMILES string of the molecule is [CH2]CCCCCCCCCNCC(C)N. The Bertz CT molecular complexity index is 113. The second kappa shape index (κ2) is 12.0. The lowest BCUT2D eigenvalue weighted by atomic mass is 10.1. The Morgan fingerprint density at radius 1 is 1.00 bits per heavy atom. The molecule has 0 aliphatic rings.